The van der Waals surface area contributed by atoms with Gasteiger partial charge in [-0.25, -0.2) is 0 Å². The predicted octanol–water partition coefficient (Wildman–Crippen LogP) is 4.61. The largest absolute Gasteiger partial charge is 0.322 e. The normalized spacial score (nSPS) is 10.8. The average Bonchev–Trinajstić information content (AvgIpc) is 2.41. The van der Waals surface area contributed by atoms with Crippen LogP contribution in [-0.2, 0) is 4.79 Å². The van der Waals surface area contributed by atoms with Crippen molar-refractivity contribution in [2.45, 2.75) is 13.8 Å². The summed E-state index contributed by atoms with van der Waals surface area (Å²) in [6.07, 6.45) is 3.32. The van der Waals surface area contributed by atoms with Crippen molar-refractivity contribution in [2.75, 3.05) is 5.32 Å². The van der Waals surface area contributed by atoms with E-state index in [2.05, 4.69) is 5.32 Å². The van der Waals surface area contributed by atoms with E-state index in [0.29, 0.717) is 5.02 Å². The first kappa shape index (κ1) is 14.4. The molecule has 0 unspecified atom stereocenters. The number of rotatable bonds is 3. The lowest BCUT2D eigenvalue weighted by Gasteiger charge is -2.06. The lowest BCUT2D eigenvalue weighted by Crippen LogP contribution is -2.08. The third-order valence-electron chi connectivity index (χ3n) is 2.93. The number of halogens is 1. The van der Waals surface area contributed by atoms with E-state index in [-0.39, 0.29) is 5.91 Å². The smallest absolute Gasteiger partial charge is 0.248 e. The van der Waals surface area contributed by atoms with Crippen molar-refractivity contribution in [3.05, 3.63) is 70.3 Å². The summed E-state index contributed by atoms with van der Waals surface area (Å²) in [6.45, 7) is 3.95. The molecule has 0 radical (unpaired) electrons. The van der Waals surface area contributed by atoms with Crippen molar-refractivity contribution in [1.29, 1.82) is 0 Å². The van der Waals surface area contributed by atoms with Crippen molar-refractivity contribution in [3.8, 4) is 0 Å². The van der Waals surface area contributed by atoms with E-state index >= 15 is 0 Å². The van der Waals surface area contributed by atoms with Crippen LogP contribution in [0.25, 0.3) is 6.08 Å². The van der Waals surface area contributed by atoms with E-state index in [0.717, 1.165) is 16.8 Å². The quantitative estimate of drug-likeness (QED) is 0.820. The summed E-state index contributed by atoms with van der Waals surface area (Å²) in [5.74, 6) is -0.170. The zero-order valence-corrected chi connectivity index (χ0v) is 12.2. The lowest BCUT2D eigenvalue weighted by molar-refractivity contribution is -0.111. The van der Waals surface area contributed by atoms with Crippen molar-refractivity contribution in [2.24, 2.45) is 0 Å². The van der Waals surface area contributed by atoms with Crippen LogP contribution in [0.5, 0.6) is 0 Å². The predicted molar refractivity (Wildman–Crippen MR) is 85.0 cm³/mol. The van der Waals surface area contributed by atoms with Gasteiger partial charge >= 0.3 is 0 Å². The van der Waals surface area contributed by atoms with E-state index in [4.69, 9.17) is 11.6 Å². The van der Waals surface area contributed by atoms with Gasteiger partial charge < -0.3 is 5.32 Å². The third-order valence-corrected chi connectivity index (χ3v) is 3.16. The van der Waals surface area contributed by atoms with Crippen LogP contribution in [0.1, 0.15) is 16.7 Å². The number of benzene rings is 2. The maximum atomic E-state index is 11.9. The van der Waals surface area contributed by atoms with Crippen LogP contribution in [0.4, 0.5) is 5.69 Å². The van der Waals surface area contributed by atoms with Gasteiger partial charge in [0, 0.05) is 16.8 Å². The second-order valence-corrected chi connectivity index (χ2v) is 5.13. The highest BCUT2D eigenvalue weighted by atomic mass is 35.5. The first-order valence-corrected chi connectivity index (χ1v) is 6.74. The van der Waals surface area contributed by atoms with Gasteiger partial charge in [-0.3, -0.25) is 4.79 Å². The van der Waals surface area contributed by atoms with Gasteiger partial charge in [0.25, 0.3) is 0 Å². The Labute approximate surface area is 124 Å². The number of hydrogen-bond donors (Lipinski definition) is 1. The fourth-order valence-electron chi connectivity index (χ4n) is 1.85. The van der Waals surface area contributed by atoms with Crippen LogP contribution >= 0.6 is 11.6 Å². The molecular weight excluding hydrogens is 270 g/mol. The average molecular weight is 286 g/mol. The first-order valence-electron chi connectivity index (χ1n) is 6.36. The van der Waals surface area contributed by atoms with E-state index in [9.17, 15) is 4.79 Å². The molecule has 3 heteroatoms. The summed E-state index contributed by atoms with van der Waals surface area (Å²) < 4.78 is 0. The molecule has 2 aromatic rings. The summed E-state index contributed by atoms with van der Waals surface area (Å²) >= 11 is 5.92. The summed E-state index contributed by atoms with van der Waals surface area (Å²) in [5.41, 5.74) is 3.88. The molecule has 0 spiro atoms. The number of aryl methyl sites for hydroxylation is 2. The van der Waals surface area contributed by atoms with Crippen LogP contribution in [0.3, 0.4) is 0 Å². The Morgan fingerprint density at radius 2 is 1.95 bits per heavy atom. The van der Waals surface area contributed by atoms with Crippen LogP contribution in [0.2, 0.25) is 5.02 Å². The monoisotopic (exact) mass is 285 g/mol. The lowest BCUT2D eigenvalue weighted by atomic mass is 10.1. The molecule has 0 aromatic heterocycles. The molecule has 2 nitrogen and oxygen atoms in total. The number of carbonyl (C=O) groups is 1. The Kier molecular flexibility index (Phi) is 4.59. The Bertz CT molecular complexity index is 662. The van der Waals surface area contributed by atoms with Gasteiger partial charge in [0.15, 0.2) is 0 Å². The summed E-state index contributed by atoms with van der Waals surface area (Å²) in [6, 6.07) is 13.4. The van der Waals surface area contributed by atoms with E-state index in [1.807, 2.05) is 44.2 Å². The maximum absolute atomic E-state index is 11.9. The zero-order valence-electron chi connectivity index (χ0n) is 11.5. The Hall–Kier alpha value is -2.06. The number of hydrogen-bond acceptors (Lipinski definition) is 1. The molecular formula is C17H16ClNO. The SMILES string of the molecule is Cc1cccc(/C=C/C(=O)Nc2cc(Cl)ccc2C)c1. The minimum absolute atomic E-state index is 0.170. The molecule has 0 aliphatic carbocycles. The van der Waals surface area contributed by atoms with Gasteiger partial charge in [0.1, 0.15) is 0 Å². The molecule has 0 heterocycles. The molecule has 0 bridgehead atoms. The molecule has 0 aliphatic rings. The molecule has 0 atom stereocenters. The summed E-state index contributed by atoms with van der Waals surface area (Å²) in [5, 5.41) is 3.43. The Morgan fingerprint density at radius 3 is 2.70 bits per heavy atom. The van der Waals surface area contributed by atoms with Gasteiger partial charge in [-0.2, -0.15) is 0 Å². The topological polar surface area (TPSA) is 29.1 Å². The van der Waals surface area contributed by atoms with Crippen LogP contribution in [-0.4, -0.2) is 5.91 Å². The summed E-state index contributed by atoms with van der Waals surface area (Å²) in [4.78, 5) is 11.9. The molecule has 0 saturated heterocycles. The van der Waals surface area contributed by atoms with E-state index < -0.39 is 0 Å². The molecule has 0 aliphatic heterocycles. The van der Waals surface area contributed by atoms with Crippen LogP contribution in [0.15, 0.2) is 48.5 Å². The van der Waals surface area contributed by atoms with Crippen molar-refractivity contribution in [3.63, 3.8) is 0 Å². The number of amides is 1. The van der Waals surface area contributed by atoms with Gasteiger partial charge in [0.2, 0.25) is 5.91 Å². The second kappa shape index (κ2) is 6.40. The minimum atomic E-state index is -0.170. The summed E-state index contributed by atoms with van der Waals surface area (Å²) in [7, 11) is 0. The molecule has 20 heavy (non-hydrogen) atoms. The van der Waals surface area contributed by atoms with Crippen molar-refractivity contribution >= 4 is 29.3 Å². The van der Waals surface area contributed by atoms with E-state index in [1.54, 1.807) is 18.2 Å². The standard InChI is InChI=1S/C17H16ClNO/c1-12-4-3-5-14(10-12)7-9-17(20)19-16-11-15(18)8-6-13(16)2/h3-11H,1-2H3,(H,19,20)/b9-7+. The molecule has 0 fully saturated rings. The fourth-order valence-corrected chi connectivity index (χ4v) is 2.02. The van der Waals surface area contributed by atoms with Gasteiger partial charge in [-0.15, -0.1) is 0 Å². The molecule has 102 valence electrons. The van der Waals surface area contributed by atoms with Gasteiger partial charge in [0.05, 0.1) is 0 Å². The van der Waals surface area contributed by atoms with Gasteiger partial charge in [-0.1, -0.05) is 47.5 Å². The highest BCUT2D eigenvalue weighted by Crippen LogP contribution is 2.20. The first-order chi connectivity index (χ1) is 9.54. The van der Waals surface area contributed by atoms with Crippen LogP contribution in [0, 0.1) is 13.8 Å². The second-order valence-electron chi connectivity index (χ2n) is 4.70. The van der Waals surface area contributed by atoms with Crippen molar-refractivity contribution < 1.29 is 4.79 Å². The van der Waals surface area contributed by atoms with Crippen molar-refractivity contribution in [1.82, 2.24) is 0 Å². The van der Waals surface area contributed by atoms with Gasteiger partial charge in [-0.05, 0) is 43.2 Å². The molecule has 2 rings (SSSR count). The number of nitrogens with one attached hydrogen (secondary N) is 1. The molecule has 1 N–H and O–H groups in total. The highest BCUT2D eigenvalue weighted by Gasteiger charge is 2.02. The molecule has 1 amide bonds. The Morgan fingerprint density at radius 1 is 1.15 bits per heavy atom. The molecule has 2 aromatic carbocycles. The molecule has 0 saturated carbocycles. The number of anilines is 1. The van der Waals surface area contributed by atoms with Crippen LogP contribution < -0.4 is 5.32 Å². The maximum Gasteiger partial charge on any atom is 0.248 e. The fraction of sp³-hybridized carbons (Fsp3) is 0.118. The Balaban J connectivity index is 2.07. The zero-order chi connectivity index (χ0) is 14.5. The number of carbonyl (C=O) groups excluding carboxylic acids is 1. The third kappa shape index (κ3) is 3.97. The van der Waals surface area contributed by atoms with E-state index in [1.165, 1.54) is 11.6 Å². The highest BCUT2D eigenvalue weighted by molar-refractivity contribution is 6.31. The minimum Gasteiger partial charge on any atom is -0.322 e.